The fraction of sp³-hybridized carbons (Fsp3) is 0.500. The van der Waals surface area contributed by atoms with Crippen LogP contribution in [0.5, 0.6) is 11.5 Å². The van der Waals surface area contributed by atoms with Crippen molar-refractivity contribution in [2.45, 2.75) is 46.1 Å². The maximum Gasteiger partial charge on any atom is 0.220 e. The van der Waals surface area contributed by atoms with Crippen molar-refractivity contribution in [2.24, 2.45) is 5.92 Å². The minimum Gasteiger partial charge on any atom is -0.504 e. The molecular weight excluding hydrogens is 292 g/mol. The monoisotopic (exact) mass is 322 g/mol. The first-order chi connectivity index (χ1) is 10.5. The normalized spacial score (nSPS) is 10.6. The number of hydrogen-bond donors (Lipinski definition) is 3. The molecule has 23 heavy (non-hydrogen) atoms. The van der Waals surface area contributed by atoms with Crippen LogP contribution in [-0.4, -0.2) is 18.1 Å². The minimum absolute atomic E-state index is 0. The molecule has 0 aliphatic heterocycles. The van der Waals surface area contributed by atoms with Crippen LogP contribution in [-0.2, 0) is 11.3 Å². The molecule has 0 aromatic heterocycles. The topological polar surface area (TPSA) is 93.6 Å². The Morgan fingerprint density at radius 1 is 1.35 bits per heavy atom. The van der Waals surface area contributed by atoms with Crippen molar-refractivity contribution in [3.8, 4) is 11.5 Å². The zero-order valence-electron chi connectivity index (χ0n) is 14.5. The van der Waals surface area contributed by atoms with E-state index in [9.17, 15) is 9.90 Å². The van der Waals surface area contributed by atoms with Crippen LogP contribution in [0.1, 0.15) is 45.1 Å². The molecule has 0 atom stereocenters. The van der Waals surface area contributed by atoms with E-state index in [2.05, 4.69) is 31.3 Å². The Kier molecular flexibility index (Phi) is 10.5. The number of allylic oxidation sites excluding steroid dienone is 2. The van der Waals surface area contributed by atoms with Gasteiger partial charge in [0.15, 0.2) is 11.5 Å². The molecule has 0 bridgehead atoms. The number of carbonyl (C=O) groups is 1. The van der Waals surface area contributed by atoms with Gasteiger partial charge >= 0.3 is 0 Å². The predicted octanol–water partition coefficient (Wildman–Crippen LogP) is 3.95. The van der Waals surface area contributed by atoms with Gasteiger partial charge in [-0.3, -0.25) is 4.79 Å². The highest BCUT2D eigenvalue weighted by atomic mass is 16.5. The first-order valence-electron chi connectivity index (χ1n) is 7.82. The molecule has 1 rings (SSSR count). The van der Waals surface area contributed by atoms with Gasteiger partial charge in [0, 0.05) is 13.0 Å². The summed E-state index contributed by atoms with van der Waals surface area (Å²) in [5.74, 6) is 1.17. The summed E-state index contributed by atoms with van der Waals surface area (Å²) in [4.78, 5) is 11.8. The number of nitrogens with one attached hydrogen (secondary N) is 1. The Labute approximate surface area is 139 Å². The highest BCUT2D eigenvalue weighted by Crippen LogP contribution is 2.26. The fourth-order valence-corrected chi connectivity index (χ4v) is 2.04. The third kappa shape index (κ3) is 8.88. The van der Waals surface area contributed by atoms with Gasteiger partial charge in [-0.1, -0.05) is 32.1 Å². The van der Waals surface area contributed by atoms with Gasteiger partial charge in [0.05, 0.1) is 7.11 Å². The second-order valence-corrected chi connectivity index (χ2v) is 5.70. The van der Waals surface area contributed by atoms with Crippen molar-refractivity contribution in [3.05, 3.63) is 35.9 Å². The zero-order valence-corrected chi connectivity index (χ0v) is 14.5. The highest BCUT2D eigenvalue weighted by Gasteiger charge is 2.04. The fourth-order valence-electron chi connectivity index (χ4n) is 2.04. The summed E-state index contributed by atoms with van der Waals surface area (Å²) in [5.41, 5.74) is 0.905. The standard InChI is InChI=1S/C18H27NO3.H3N/c1-14(2)8-6-4-5-7-9-18(21)19-13-15-10-11-16(20)17(12-15)22-3;/h6,8,10-12,14,20H,4-5,7,9,13H2,1-3H3,(H,19,21);1H3. The van der Waals surface area contributed by atoms with Gasteiger partial charge in [-0.25, -0.2) is 0 Å². The molecule has 5 nitrogen and oxygen atoms in total. The second-order valence-electron chi connectivity index (χ2n) is 5.70. The van der Waals surface area contributed by atoms with Crippen molar-refractivity contribution < 1.29 is 14.6 Å². The second kappa shape index (κ2) is 11.5. The largest absolute Gasteiger partial charge is 0.504 e. The number of rotatable bonds is 9. The molecule has 0 fully saturated rings. The molecule has 5 heteroatoms. The summed E-state index contributed by atoms with van der Waals surface area (Å²) in [6, 6.07) is 5.07. The van der Waals surface area contributed by atoms with Crippen molar-refractivity contribution in [2.75, 3.05) is 7.11 Å². The van der Waals surface area contributed by atoms with E-state index in [1.165, 1.54) is 7.11 Å². The summed E-state index contributed by atoms with van der Waals surface area (Å²) in [5, 5.41) is 12.4. The van der Waals surface area contributed by atoms with E-state index in [-0.39, 0.29) is 17.8 Å². The Balaban J connectivity index is 0.00000484. The summed E-state index contributed by atoms with van der Waals surface area (Å²) in [6.07, 6.45) is 7.88. The SMILES string of the molecule is COc1cc(CNC(=O)CCCCC=CC(C)C)ccc1O.N. The van der Waals surface area contributed by atoms with Crippen molar-refractivity contribution in [1.82, 2.24) is 11.5 Å². The van der Waals surface area contributed by atoms with Crippen LogP contribution in [0.2, 0.25) is 0 Å². The number of phenols is 1. The summed E-state index contributed by atoms with van der Waals surface area (Å²) >= 11 is 0. The maximum atomic E-state index is 11.8. The average molecular weight is 322 g/mol. The van der Waals surface area contributed by atoms with Crippen LogP contribution in [0.3, 0.4) is 0 Å². The van der Waals surface area contributed by atoms with Crippen LogP contribution >= 0.6 is 0 Å². The Morgan fingerprint density at radius 3 is 2.74 bits per heavy atom. The van der Waals surface area contributed by atoms with E-state index < -0.39 is 0 Å². The van der Waals surface area contributed by atoms with E-state index in [1.807, 2.05) is 0 Å². The molecule has 1 aromatic carbocycles. The van der Waals surface area contributed by atoms with Gasteiger partial charge < -0.3 is 21.3 Å². The Hall–Kier alpha value is -2.01. The molecule has 0 radical (unpaired) electrons. The molecule has 0 saturated heterocycles. The number of phenolic OH excluding ortho intramolecular Hbond substituents is 1. The van der Waals surface area contributed by atoms with Crippen molar-refractivity contribution >= 4 is 5.91 Å². The van der Waals surface area contributed by atoms with Gasteiger partial charge in [-0.2, -0.15) is 0 Å². The molecule has 130 valence electrons. The lowest BCUT2D eigenvalue weighted by Gasteiger charge is -2.08. The number of unbranched alkanes of at least 4 members (excludes halogenated alkanes) is 2. The van der Waals surface area contributed by atoms with Gasteiger partial charge in [0.2, 0.25) is 5.91 Å². The lowest BCUT2D eigenvalue weighted by Crippen LogP contribution is -2.22. The average Bonchev–Trinajstić information content (AvgIpc) is 2.49. The summed E-state index contributed by atoms with van der Waals surface area (Å²) < 4.78 is 5.04. The molecule has 0 aliphatic rings. The van der Waals surface area contributed by atoms with Crippen LogP contribution in [0.4, 0.5) is 0 Å². The Bertz CT molecular complexity index is 499. The van der Waals surface area contributed by atoms with Gasteiger partial charge in [-0.05, 0) is 42.9 Å². The molecular formula is C18H30N2O3. The third-order valence-corrected chi connectivity index (χ3v) is 3.28. The lowest BCUT2D eigenvalue weighted by molar-refractivity contribution is -0.121. The maximum absolute atomic E-state index is 11.8. The molecule has 0 saturated carbocycles. The number of methoxy groups -OCH3 is 1. The quantitative estimate of drug-likeness (QED) is 0.474. The highest BCUT2D eigenvalue weighted by molar-refractivity contribution is 5.75. The number of amides is 1. The first-order valence-corrected chi connectivity index (χ1v) is 7.82. The number of benzene rings is 1. The van der Waals surface area contributed by atoms with Crippen LogP contribution in [0.25, 0.3) is 0 Å². The van der Waals surface area contributed by atoms with Gasteiger partial charge in [0.1, 0.15) is 0 Å². The predicted molar refractivity (Wildman–Crippen MR) is 94.0 cm³/mol. The zero-order chi connectivity index (χ0) is 16.4. The third-order valence-electron chi connectivity index (χ3n) is 3.28. The van der Waals surface area contributed by atoms with Crippen LogP contribution in [0.15, 0.2) is 30.4 Å². The molecule has 0 spiro atoms. The Morgan fingerprint density at radius 2 is 2.09 bits per heavy atom. The lowest BCUT2D eigenvalue weighted by atomic mass is 10.1. The molecule has 0 aliphatic carbocycles. The smallest absolute Gasteiger partial charge is 0.220 e. The van der Waals surface area contributed by atoms with Crippen LogP contribution in [0, 0.1) is 5.92 Å². The van der Waals surface area contributed by atoms with E-state index in [1.54, 1.807) is 18.2 Å². The van der Waals surface area contributed by atoms with Crippen molar-refractivity contribution in [3.63, 3.8) is 0 Å². The van der Waals surface area contributed by atoms with E-state index >= 15 is 0 Å². The van der Waals surface area contributed by atoms with E-state index in [0.29, 0.717) is 24.6 Å². The van der Waals surface area contributed by atoms with E-state index in [4.69, 9.17) is 4.74 Å². The molecule has 5 N–H and O–H groups in total. The van der Waals surface area contributed by atoms with Gasteiger partial charge in [0.25, 0.3) is 0 Å². The van der Waals surface area contributed by atoms with Crippen LogP contribution < -0.4 is 16.2 Å². The summed E-state index contributed by atoms with van der Waals surface area (Å²) in [7, 11) is 1.51. The number of aromatic hydroxyl groups is 1. The molecule has 1 amide bonds. The first kappa shape index (κ1) is 21.0. The molecule has 0 heterocycles. The number of ether oxygens (including phenoxy) is 1. The molecule has 0 unspecified atom stereocenters. The van der Waals surface area contributed by atoms with E-state index in [0.717, 1.165) is 24.8 Å². The minimum atomic E-state index is 0. The molecule has 1 aromatic rings. The summed E-state index contributed by atoms with van der Waals surface area (Å²) in [6.45, 7) is 4.76. The number of carbonyl (C=O) groups excluding carboxylic acids is 1. The number of hydrogen-bond acceptors (Lipinski definition) is 4. The van der Waals surface area contributed by atoms with Crippen molar-refractivity contribution in [1.29, 1.82) is 0 Å². The van der Waals surface area contributed by atoms with Gasteiger partial charge in [-0.15, -0.1) is 0 Å².